The minimum Gasteiger partial charge on any atom is -0.443 e. The smallest absolute Gasteiger partial charge is 0.414 e. The van der Waals surface area contributed by atoms with Crippen molar-refractivity contribution in [2.75, 3.05) is 29.9 Å². The van der Waals surface area contributed by atoms with Crippen molar-refractivity contribution in [1.29, 1.82) is 0 Å². The third-order valence-electron chi connectivity index (χ3n) is 3.79. The van der Waals surface area contributed by atoms with Crippen molar-refractivity contribution < 1.29 is 14.6 Å². The van der Waals surface area contributed by atoms with Gasteiger partial charge < -0.3 is 15.2 Å². The van der Waals surface area contributed by atoms with Gasteiger partial charge in [0.15, 0.2) is 0 Å². The van der Waals surface area contributed by atoms with Gasteiger partial charge in [-0.05, 0) is 51.0 Å². The van der Waals surface area contributed by atoms with Gasteiger partial charge in [-0.3, -0.25) is 4.90 Å². The molecule has 2 N–H and O–H groups in total. The Balaban J connectivity index is 2.07. The number of hydrogen-bond donors (Lipinski definition) is 2. The first-order valence-corrected chi connectivity index (χ1v) is 8.09. The normalized spacial score (nSPS) is 14.6. The summed E-state index contributed by atoms with van der Waals surface area (Å²) in [7, 11) is 0. The van der Waals surface area contributed by atoms with Crippen LogP contribution in [-0.4, -0.2) is 36.5 Å². The third-order valence-corrected chi connectivity index (χ3v) is 3.79. The molecule has 0 bridgehead atoms. The van der Waals surface area contributed by atoms with Gasteiger partial charge in [0.2, 0.25) is 0 Å². The predicted octanol–water partition coefficient (Wildman–Crippen LogP) is 3.41. The molecule has 0 unspecified atom stereocenters. The molecule has 1 aliphatic heterocycles. The largest absolute Gasteiger partial charge is 0.443 e. The van der Waals surface area contributed by atoms with Gasteiger partial charge in [-0.15, -0.1) is 0 Å². The van der Waals surface area contributed by atoms with Crippen molar-refractivity contribution in [2.45, 2.75) is 46.6 Å². The molecule has 1 aromatic carbocycles. The predicted molar refractivity (Wildman–Crippen MR) is 93.1 cm³/mol. The summed E-state index contributed by atoms with van der Waals surface area (Å²) in [6.07, 6.45) is 0.534. The first kappa shape index (κ1) is 17.6. The molecular weight excluding hydrogens is 292 g/mol. The fourth-order valence-electron chi connectivity index (χ4n) is 2.42. The molecule has 2 rings (SSSR count). The lowest BCUT2D eigenvalue weighted by Crippen LogP contribution is -2.35. The first-order chi connectivity index (χ1) is 10.6. The molecule has 1 amide bonds. The molecule has 23 heavy (non-hydrogen) atoms. The summed E-state index contributed by atoms with van der Waals surface area (Å²) in [5, 5.41) is 12.7. The fourth-order valence-corrected chi connectivity index (χ4v) is 2.42. The monoisotopic (exact) mass is 320 g/mol. The van der Waals surface area contributed by atoms with Crippen molar-refractivity contribution in [2.24, 2.45) is 5.41 Å². The second-order valence-corrected chi connectivity index (χ2v) is 7.90. The maximum Gasteiger partial charge on any atom is 0.414 e. The molecule has 0 aliphatic carbocycles. The number of ether oxygens (including phenoxy) is 1. The van der Waals surface area contributed by atoms with Crippen LogP contribution in [0.5, 0.6) is 0 Å². The van der Waals surface area contributed by atoms with Crippen LogP contribution in [0.15, 0.2) is 18.2 Å². The van der Waals surface area contributed by atoms with E-state index in [1.54, 1.807) is 4.90 Å². The first-order valence-electron chi connectivity index (χ1n) is 8.09. The van der Waals surface area contributed by atoms with Gasteiger partial charge >= 0.3 is 6.09 Å². The number of nitrogens with one attached hydrogen (secondary N) is 1. The second-order valence-electron chi connectivity index (χ2n) is 7.90. The minimum atomic E-state index is -0.489. The Morgan fingerprint density at radius 2 is 2.00 bits per heavy atom. The van der Waals surface area contributed by atoms with Crippen LogP contribution in [0.4, 0.5) is 16.2 Å². The van der Waals surface area contributed by atoms with Crippen LogP contribution in [0.2, 0.25) is 0 Å². The molecule has 0 saturated heterocycles. The van der Waals surface area contributed by atoms with Gasteiger partial charge in [0.05, 0.1) is 5.69 Å². The molecule has 0 radical (unpaired) electrons. The summed E-state index contributed by atoms with van der Waals surface area (Å²) in [4.78, 5) is 14.0. The number of nitrogens with zero attached hydrogens (tertiary/aromatic N) is 1. The van der Waals surface area contributed by atoms with E-state index in [0.717, 1.165) is 23.4 Å². The van der Waals surface area contributed by atoms with Gasteiger partial charge in [0, 0.05) is 30.8 Å². The van der Waals surface area contributed by atoms with Crippen molar-refractivity contribution in [3.63, 3.8) is 0 Å². The summed E-state index contributed by atoms with van der Waals surface area (Å²) < 4.78 is 5.46. The van der Waals surface area contributed by atoms with Crippen LogP contribution in [0.25, 0.3) is 0 Å². The van der Waals surface area contributed by atoms with Crippen LogP contribution in [0.1, 0.15) is 40.2 Å². The van der Waals surface area contributed by atoms with Crippen molar-refractivity contribution in [3.8, 4) is 0 Å². The Kier molecular flexibility index (Phi) is 4.90. The van der Waals surface area contributed by atoms with E-state index in [1.807, 2.05) is 46.8 Å². The number of carbonyl (C=O) groups is 1. The third kappa shape index (κ3) is 4.61. The van der Waals surface area contributed by atoms with E-state index < -0.39 is 5.60 Å². The van der Waals surface area contributed by atoms with Gasteiger partial charge in [-0.25, -0.2) is 4.79 Å². The number of hydrogen-bond acceptors (Lipinski definition) is 4. The van der Waals surface area contributed by atoms with Crippen LogP contribution >= 0.6 is 0 Å². The van der Waals surface area contributed by atoms with E-state index in [-0.39, 0.29) is 18.1 Å². The SMILES string of the molecule is CC(C)(CO)CNc1ccc2c(c1)CCN2C(=O)OC(C)(C)C. The quantitative estimate of drug-likeness (QED) is 0.892. The highest BCUT2D eigenvalue weighted by Gasteiger charge is 2.29. The van der Waals surface area contributed by atoms with Crippen LogP contribution in [-0.2, 0) is 11.2 Å². The molecule has 0 fully saturated rings. The number of anilines is 2. The van der Waals surface area contributed by atoms with Gasteiger partial charge in [0.25, 0.3) is 0 Å². The lowest BCUT2D eigenvalue weighted by atomic mass is 9.95. The molecule has 1 aromatic rings. The fraction of sp³-hybridized carbons (Fsp3) is 0.611. The summed E-state index contributed by atoms with van der Waals surface area (Å²) >= 11 is 0. The van der Waals surface area contributed by atoms with Crippen LogP contribution in [0.3, 0.4) is 0 Å². The second kappa shape index (κ2) is 6.40. The zero-order valence-corrected chi connectivity index (χ0v) is 14.8. The van der Waals surface area contributed by atoms with E-state index in [0.29, 0.717) is 13.1 Å². The molecule has 5 heteroatoms. The Bertz CT molecular complexity index is 576. The molecular formula is C18H28N2O3. The van der Waals surface area contributed by atoms with Gasteiger partial charge in [-0.2, -0.15) is 0 Å². The number of carbonyl (C=O) groups excluding carboxylic acids is 1. The Morgan fingerprint density at radius 3 is 2.61 bits per heavy atom. The van der Waals surface area contributed by atoms with Crippen molar-refractivity contribution in [3.05, 3.63) is 23.8 Å². The molecule has 0 aromatic heterocycles. The van der Waals surface area contributed by atoms with Gasteiger partial charge in [0.1, 0.15) is 5.60 Å². The number of aliphatic hydroxyl groups is 1. The number of fused-ring (bicyclic) bond motifs is 1. The number of amides is 1. The zero-order chi connectivity index (χ0) is 17.3. The number of benzene rings is 1. The minimum absolute atomic E-state index is 0.136. The van der Waals surface area contributed by atoms with Crippen LogP contribution in [0, 0.1) is 5.41 Å². The van der Waals surface area contributed by atoms with E-state index in [1.165, 1.54) is 0 Å². The standard InChI is InChI=1S/C18H28N2O3/c1-17(2,3)23-16(22)20-9-8-13-10-14(6-7-15(13)20)19-11-18(4,5)12-21/h6-7,10,19,21H,8-9,11-12H2,1-5H3. The van der Waals surface area contributed by atoms with E-state index in [9.17, 15) is 9.90 Å². The molecule has 128 valence electrons. The highest BCUT2D eigenvalue weighted by Crippen LogP contribution is 2.32. The summed E-state index contributed by atoms with van der Waals surface area (Å²) in [5.41, 5.74) is 2.42. The van der Waals surface area contributed by atoms with Crippen LogP contribution < -0.4 is 10.2 Å². The highest BCUT2D eigenvalue weighted by molar-refractivity contribution is 5.91. The summed E-state index contributed by atoms with van der Waals surface area (Å²) in [5.74, 6) is 0. The maximum atomic E-state index is 12.3. The molecule has 1 heterocycles. The average molecular weight is 320 g/mol. The highest BCUT2D eigenvalue weighted by atomic mass is 16.6. The van der Waals surface area contributed by atoms with Crippen molar-refractivity contribution >= 4 is 17.5 Å². The average Bonchev–Trinajstić information content (AvgIpc) is 2.86. The van der Waals surface area contributed by atoms with E-state index >= 15 is 0 Å². The Morgan fingerprint density at radius 1 is 1.30 bits per heavy atom. The molecule has 1 aliphatic rings. The lowest BCUT2D eigenvalue weighted by Gasteiger charge is -2.25. The topological polar surface area (TPSA) is 61.8 Å². The number of rotatable bonds is 4. The zero-order valence-electron chi connectivity index (χ0n) is 14.8. The molecule has 0 spiro atoms. The summed E-state index contributed by atoms with van der Waals surface area (Å²) in [6.45, 7) is 11.1. The lowest BCUT2D eigenvalue weighted by molar-refractivity contribution is 0.0584. The van der Waals surface area contributed by atoms with Gasteiger partial charge in [-0.1, -0.05) is 13.8 Å². The van der Waals surface area contributed by atoms with E-state index in [4.69, 9.17) is 4.74 Å². The van der Waals surface area contributed by atoms with E-state index in [2.05, 4.69) is 11.4 Å². The number of aliphatic hydroxyl groups excluding tert-OH is 1. The molecule has 0 atom stereocenters. The Hall–Kier alpha value is -1.75. The summed E-state index contributed by atoms with van der Waals surface area (Å²) in [6, 6.07) is 6.00. The molecule has 5 nitrogen and oxygen atoms in total. The Labute approximate surface area is 138 Å². The maximum absolute atomic E-state index is 12.3. The molecule has 0 saturated carbocycles. The van der Waals surface area contributed by atoms with Crippen molar-refractivity contribution in [1.82, 2.24) is 0 Å².